The van der Waals surface area contributed by atoms with E-state index in [1.165, 1.54) is 139 Å². The van der Waals surface area contributed by atoms with Crippen LogP contribution in [-0.4, -0.2) is 103 Å². The minimum absolute atomic E-state index is 0.0309. The van der Waals surface area contributed by atoms with Crippen molar-refractivity contribution in [3.8, 4) is 90.0 Å². The number of pyridine rings is 2. The predicted molar refractivity (Wildman–Crippen MR) is 524 cm³/mol. The summed E-state index contributed by atoms with van der Waals surface area (Å²) in [6.45, 7) is 9.20. The first-order chi connectivity index (χ1) is 66.9. The number of aryl methyl sites for hydroxylation is 5. The first-order valence-electron chi connectivity index (χ1n) is 42.7. The van der Waals surface area contributed by atoms with Gasteiger partial charge in [-0.2, -0.15) is 23.4 Å². The molecule has 16 aromatic rings. The van der Waals surface area contributed by atoms with Crippen LogP contribution >= 0.6 is 11.6 Å². The summed E-state index contributed by atoms with van der Waals surface area (Å²) >= 11 is 6.09. The van der Waals surface area contributed by atoms with Crippen molar-refractivity contribution >= 4 is 88.9 Å². The molecule has 1 fully saturated rings. The van der Waals surface area contributed by atoms with Gasteiger partial charge < -0.3 is 13.7 Å². The lowest BCUT2D eigenvalue weighted by Gasteiger charge is -2.20. The Morgan fingerprint density at radius 2 is 0.887 bits per heavy atom. The molecular formula is C99H89ClF6N14O16S6. The number of carbonyl (C=O) groups is 1. The van der Waals surface area contributed by atoms with Crippen LogP contribution in [0, 0.1) is 40.4 Å². The number of sulfonamides is 6. The van der Waals surface area contributed by atoms with Gasteiger partial charge in [0.2, 0.25) is 60.1 Å². The minimum Gasteiger partial charge on any atom is -0.457 e. The van der Waals surface area contributed by atoms with Gasteiger partial charge >= 0.3 is 12.1 Å². The van der Waals surface area contributed by atoms with Crippen molar-refractivity contribution < 1.29 is 95.3 Å². The number of ether oxygens (including phenoxy) is 1. The molecule has 7 heterocycles. The van der Waals surface area contributed by atoms with Gasteiger partial charge in [-0.25, -0.2) is 114 Å². The Morgan fingerprint density at radius 3 is 1.36 bits per heavy atom. The van der Waals surface area contributed by atoms with E-state index < -0.39 is 89.9 Å². The predicted octanol–water partition coefficient (Wildman–Crippen LogP) is 18.6. The molecule has 12 N–H and O–H groups in total. The second-order valence-corrected chi connectivity index (χ2v) is 42.1. The Bertz CT molecular complexity index is 8060. The molecule has 0 bridgehead atoms. The zero-order valence-electron chi connectivity index (χ0n) is 75.8. The molecule has 1 saturated carbocycles. The third-order valence-corrected chi connectivity index (χ3v) is 27.9. The van der Waals surface area contributed by atoms with Crippen molar-refractivity contribution in [2.45, 2.75) is 115 Å². The molecule has 0 radical (unpaired) electrons. The van der Waals surface area contributed by atoms with Crippen molar-refractivity contribution in [3.05, 3.63) is 359 Å². The normalized spacial score (nSPS) is 13.1. The maximum Gasteiger partial charge on any atom is 0.435 e. The minimum atomic E-state index is -4.61. The van der Waals surface area contributed by atoms with Gasteiger partial charge in [-0.15, -0.1) is 0 Å². The maximum atomic E-state index is 13.9. The number of alkyl halides is 5. The zero-order chi connectivity index (χ0) is 103. The highest BCUT2D eigenvalue weighted by Crippen LogP contribution is 2.42. The molecule has 6 aromatic heterocycles. The number of benzene rings is 10. The Labute approximate surface area is 819 Å². The average Bonchev–Trinajstić information content (AvgIpc) is 1.65. The number of aromatic nitrogens is 8. The van der Waals surface area contributed by atoms with Gasteiger partial charge in [0.05, 0.1) is 79.7 Å². The van der Waals surface area contributed by atoms with Gasteiger partial charge in [0.1, 0.15) is 29.6 Å². The largest absolute Gasteiger partial charge is 0.457 e. The summed E-state index contributed by atoms with van der Waals surface area (Å²) in [4.78, 5) is 25.3. The van der Waals surface area contributed by atoms with Crippen molar-refractivity contribution in [2.24, 2.45) is 30.8 Å². The van der Waals surface area contributed by atoms with Crippen LogP contribution in [0.5, 0.6) is 0 Å². The van der Waals surface area contributed by atoms with E-state index in [1.54, 1.807) is 104 Å². The maximum absolute atomic E-state index is 13.9. The van der Waals surface area contributed by atoms with E-state index in [2.05, 4.69) is 30.3 Å². The molecule has 736 valence electrons. The lowest BCUT2D eigenvalue weighted by Crippen LogP contribution is -2.12. The van der Waals surface area contributed by atoms with Crippen molar-refractivity contribution in [1.29, 1.82) is 0 Å². The second kappa shape index (κ2) is 44.0. The number of nitrogens with two attached hydrogens (primary N) is 6. The molecule has 0 saturated heterocycles. The third kappa shape index (κ3) is 26.6. The highest BCUT2D eigenvalue weighted by Gasteiger charge is 2.36. The fourth-order valence-corrected chi connectivity index (χ4v) is 18.2. The number of primary sulfonamides is 6. The first-order valence-corrected chi connectivity index (χ1v) is 52.3. The van der Waals surface area contributed by atoms with E-state index in [1.807, 2.05) is 100 Å². The van der Waals surface area contributed by atoms with E-state index in [0.717, 1.165) is 113 Å². The van der Waals surface area contributed by atoms with Crippen LogP contribution in [0.25, 0.3) is 101 Å². The highest BCUT2D eigenvalue weighted by atomic mass is 35.5. The average molecular weight is 2070 g/mol. The van der Waals surface area contributed by atoms with Gasteiger partial charge in [-0.1, -0.05) is 175 Å². The molecule has 43 heteroatoms. The molecule has 18 rings (SSSR count). The molecule has 10 aromatic carbocycles. The van der Waals surface area contributed by atoms with Crippen molar-refractivity contribution in [3.63, 3.8) is 0 Å². The summed E-state index contributed by atoms with van der Waals surface area (Å²) in [5.74, 6) is 1.65. The molecule has 0 atom stereocenters. The van der Waals surface area contributed by atoms with E-state index in [4.69, 9.17) is 56.1 Å². The topological polar surface area (TPSA) is 501 Å². The van der Waals surface area contributed by atoms with Gasteiger partial charge in [-0.3, -0.25) is 9.97 Å². The number of hydrogen-bond acceptors (Lipinski definition) is 22. The summed E-state index contributed by atoms with van der Waals surface area (Å²) in [6.07, 6.45) is 1.89. The van der Waals surface area contributed by atoms with Crippen molar-refractivity contribution in [2.75, 3.05) is 6.61 Å². The van der Waals surface area contributed by atoms with Gasteiger partial charge in [0.25, 0.3) is 6.43 Å². The first kappa shape index (κ1) is 105. The zero-order valence-corrected chi connectivity index (χ0v) is 81.4. The number of carbonyl (C=O) groups excluding carboxylic acids is 1. The van der Waals surface area contributed by atoms with Crippen LogP contribution in [0.15, 0.2) is 330 Å². The summed E-state index contributed by atoms with van der Waals surface area (Å²) in [5.41, 5.74) is 13.8. The highest BCUT2D eigenvalue weighted by molar-refractivity contribution is 7.90. The number of cyclic esters (lactones) is 1. The van der Waals surface area contributed by atoms with Crippen LogP contribution in [-0.2, 0) is 75.8 Å². The summed E-state index contributed by atoms with van der Waals surface area (Å²) in [5, 5.41) is 42.7. The summed E-state index contributed by atoms with van der Waals surface area (Å²) in [7, 11) is -22.6. The monoisotopic (exact) mass is 2070 g/mol. The molecule has 0 amide bonds. The Morgan fingerprint density at radius 1 is 0.444 bits per heavy atom. The molecular weight excluding hydrogens is 1980 g/mol. The molecule has 142 heavy (non-hydrogen) atoms. The number of oxazole rings is 1. The lowest BCUT2D eigenvalue weighted by molar-refractivity contribution is -0.141. The standard InChI is InChI=1S/C17H14ClN3O2S.2C17H14F3N3O2S.C16H14N2O3S.C16H20N2O3S.C16H13NO4S/c1-11-2-3-13(9-20-11)17-16(8-14(18)10-21-17)12-4-6-15(7-5-12)24(19,22)23;1-11-2-4-12(5-3-11)15-10-16(17(18,19)20)22-23(15)13-6-8-14(9-7-13)26(21,24)25;1-10-2-3-11(8-14(10)18)16-9-15(17(19)20)22-23(16)12-4-6-13(7-5-12)26(21,24)25;1-11-15(12-7-9-14(10-8-12)22(17,19)20)16(18-21-11)13-5-3-2-4-6-13;1-11-18-15(12-5-3-2-4-6-12)16(21-11)13-7-9-14(10-8-13)22(17,19)20;17-22(19,20)13-8-6-11(7-9-13)14-10-21-16(18)15(14)12-4-2-1-3-5-12/h2-10H,1H3,(H2,19,22,23);2-10H,1H3,(H2,21,24,25);2-9,17H,1H3,(H2,21,24,25);2-10H,1H3,(H2,17,19,20);7-10,12H,2-6H2,1H3,(H2,17,19,20);1-9H,10H2,(H2,17,19,20). The summed E-state index contributed by atoms with van der Waals surface area (Å²) < 4.78 is 234. The number of rotatable bonds is 19. The van der Waals surface area contributed by atoms with E-state index in [0.29, 0.717) is 50.5 Å². The lowest BCUT2D eigenvalue weighted by atomic mass is 9.85. The van der Waals surface area contributed by atoms with E-state index in [9.17, 15) is 81.6 Å². The molecule has 0 unspecified atom stereocenters. The molecule has 30 nitrogen and oxygen atoms in total. The fraction of sp³-hybridized carbons (Fsp3) is 0.141. The molecule has 1 aliphatic heterocycles. The molecule has 2 aliphatic rings. The second-order valence-electron chi connectivity index (χ2n) is 32.3. The quantitative estimate of drug-likeness (QED) is 0.0323. The van der Waals surface area contributed by atoms with Gasteiger partial charge in [-0.05, 0) is 214 Å². The Kier molecular flexibility index (Phi) is 32.6. The Balaban J connectivity index is 0.000000143. The van der Waals surface area contributed by atoms with Crippen LogP contribution in [0.2, 0.25) is 5.02 Å². The van der Waals surface area contributed by atoms with Gasteiger partial charge in [0, 0.05) is 69.9 Å². The van der Waals surface area contributed by atoms with E-state index >= 15 is 0 Å². The number of nitrogens with zero attached hydrogens (tertiary/aromatic N) is 8. The SMILES string of the molecule is Cc1ccc(-c2cc(C(F)(F)F)nn2-c2ccc(S(N)(=O)=O)cc2)cc1.Cc1ccc(-c2cc(C(F)F)nn2-c2ccc(S(N)(=O)=O)cc2)cc1F.Cc1ccc(-c2ncc(Cl)cc2-c2ccc(S(N)(=O)=O)cc2)cn1.Cc1nc(C2CCCCC2)c(-c2ccc(S(N)(=O)=O)cc2)o1.Cc1onc(-c2ccccc2)c1-c1ccc(S(N)(=O)=O)cc1.NS(=O)(=O)c1ccc(C2=C(c3ccccc3)C(=O)OC2)cc1. The van der Waals surface area contributed by atoms with Crippen LogP contribution in [0.4, 0.5) is 26.3 Å². The number of hydrogen-bond donors (Lipinski definition) is 6. The number of esters is 1. The van der Waals surface area contributed by atoms with E-state index in [-0.39, 0.29) is 59.0 Å². The van der Waals surface area contributed by atoms with Gasteiger partial charge in [0.15, 0.2) is 17.3 Å². The smallest absolute Gasteiger partial charge is 0.435 e. The van der Waals surface area contributed by atoms with Crippen LogP contribution in [0.3, 0.4) is 0 Å². The van der Waals surface area contributed by atoms with Crippen LogP contribution in [0.1, 0.15) is 101 Å². The third-order valence-electron chi connectivity index (χ3n) is 22.1. The Hall–Kier alpha value is -14.1. The summed E-state index contributed by atoms with van der Waals surface area (Å²) in [6, 6.07) is 73.6. The fourth-order valence-electron chi connectivity index (χ4n) is 15.0. The van der Waals surface area contributed by atoms with Crippen LogP contribution < -0.4 is 30.8 Å². The van der Waals surface area contributed by atoms with Crippen molar-refractivity contribution in [1.82, 2.24) is 39.7 Å². The molecule has 0 spiro atoms. The number of halogens is 7. The molecule has 1 aliphatic carbocycles.